The number of anilines is 1. The van der Waals surface area contributed by atoms with Gasteiger partial charge in [-0.15, -0.1) is 0 Å². The summed E-state index contributed by atoms with van der Waals surface area (Å²) in [5, 5.41) is 0. The molecule has 0 aromatic heterocycles. The van der Waals surface area contributed by atoms with Crippen molar-refractivity contribution >= 4 is 33.5 Å². The number of amides is 2. The average Bonchev–Trinajstić information content (AvgIpc) is 3.24. The summed E-state index contributed by atoms with van der Waals surface area (Å²) in [5.41, 5.74) is -0.414. The molecule has 186 valence electrons. The van der Waals surface area contributed by atoms with Crippen LogP contribution >= 0.6 is 0 Å². The van der Waals surface area contributed by atoms with E-state index in [9.17, 15) is 22.8 Å². The number of benzene rings is 2. The number of carbonyl (C=O) groups excluding carboxylic acids is 3. The molecule has 2 aromatic rings. The molecule has 0 saturated carbocycles. The first kappa shape index (κ1) is 25.1. The highest BCUT2D eigenvalue weighted by Crippen LogP contribution is 2.53. The minimum atomic E-state index is -4.01. The SMILES string of the molecule is CC(=O)C[C@@H]1N(S(=O)(=O)c2ccc(C)cc2)CC[C@@]12C(=O)N(C(=O)OC(C)(C)C)c1ccccc12. The summed E-state index contributed by atoms with van der Waals surface area (Å²) in [5.74, 6) is -0.817. The normalized spacial score (nSPS) is 22.5. The lowest BCUT2D eigenvalue weighted by Crippen LogP contribution is -2.52. The van der Waals surface area contributed by atoms with Crippen LogP contribution in [0, 0.1) is 6.92 Å². The van der Waals surface area contributed by atoms with Crippen LogP contribution in [0.5, 0.6) is 0 Å². The maximum absolute atomic E-state index is 14.1. The lowest BCUT2D eigenvalue weighted by atomic mass is 9.73. The number of para-hydroxylation sites is 1. The lowest BCUT2D eigenvalue weighted by molar-refractivity contribution is -0.124. The van der Waals surface area contributed by atoms with Crippen LogP contribution < -0.4 is 4.90 Å². The third kappa shape index (κ3) is 4.16. The average molecular weight is 499 g/mol. The first-order valence-corrected chi connectivity index (χ1v) is 13.0. The zero-order chi connectivity index (χ0) is 25.8. The second-order valence-corrected chi connectivity index (χ2v) is 12.1. The maximum Gasteiger partial charge on any atom is 0.421 e. The minimum absolute atomic E-state index is 0.0381. The summed E-state index contributed by atoms with van der Waals surface area (Å²) in [6.07, 6.45) is -0.841. The molecular weight excluding hydrogens is 468 g/mol. The molecule has 8 nitrogen and oxygen atoms in total. The molecular formula is C26H30N2O6S. The second kappa shape index (κ2) is 8.57. The molecule has 1 fully saturated rings. The Hall–Kier alpha value is -3.04. The van der Waals surface area contributed by atoms with E-state index >= 15 is 0 Å². The van der Waals surface area contributed by atoms with Crippen LogP contribution in [0.15, 0.2) is 53.4 Å². The van der Waals surface area contributed by atoms with Crippen LogP contribution in [-0.2, 0) is 29.8 Å². The van der Waals surface area contributed by atoms with Gasteiger partial charge in [0.05, 0.1) is 22.0 Å². The Bertz CT molecular complexity index is 1300. The number of nitrogens with zero attached hydrogens (tertiary/aromatic N) is 2. The number of carbonyl (C=O) groups is 3. The number of rotatable bonds is 4. The first-order chi connectivity index (χ1) is 16.3. The fraction of sp³-hybridized carbons (Fsp3) is 0.423. The molecule has 0 unspecified atom stereocenters. The molecule has 0 N–H and O–H groups in total. The van der Waals surface area contributed by atoms with E-state index in [1.54, 1.807) is 57.2 Å². The predicted octanol–water partition coefficient (Wildman–Crippen LogP) is 3.96. The Morgan fingerprint density at radius 2 is 1.71 bits per heavy atom. The zero-order valence-electron chi connectivity index (χ0n) is 20.6. The van der Waals surface area contributed by atoms with Crippen molar-refractivity contribution in [3.8, 4) is 0 Å². The number of Topliss-reactive ketones (excluding diaryl/α,β-unsaturated/α-hetero) is 1. The summed E-state index contributed by atoms with van der Waals surface area (Å²) in [7, 11) is -4.01. The van der Waals surface area contributed by atoms with Crippen molar-refractivity contribution in [2.45, 2.75) is 69.4 Å². The van der Waals surface area contributed by atoms with Crippen molar-refractivity contribution in [3.05, 3.63) is 59.7 Å². The van der Waals surface area contributed by atoms with Crippen LogP contribution in [-0.4, -0.2) is 48.7 Å². The van der Waals surface area contributed by atoms with E-state index in [-0.39, 0.29) is 30.1 Å². The van der Waals surface area contributed by atoms with Crippen molar-refractivity contribution in [3.63, 3.8) is 0 Å². The lowest BCUT2D eigenvalue weighted by Gasteiger charge is -2.33. The number of aryl methyl sites for hydroxylation is 1. The van der Waals surface area contributed by atoms with E-state index in [1.165, 1.54) is 23.4 Å². The minimum Gasteiger partial charge on any atom is -0.443 e. The first-order valence-electron chi connectivity index (χ1n) is 11.5. The molecule has 2 aromatic carbocycles. The van der Waals surface area contributed by atoms with Crippen LogP contribution in [0.1, 0.15) is 51.7 Å². The van der Waals surface area contributed by atoms with Gasteiger partial charge in [0.15, 0.2) is 0 Å². The van der Waals surface area contributed by atoms with E-state index in [0.717, 1.165) is 10.5 Å². The van der Waals surface area contributed by atoms with Gasteiger partial charge in [-0.1, -0.05) is 35.9 Å². The van der Waals surface area contributed by atoms with E-state index in [4.69, 9.17) is 4.74 Å². The van der Waals surface area contributed by atoms with E-state index in [2.05, 4.69) is 0 Å². The largest absolute Gasteiger partial charge is 0.443 e. The van der Waals surface area contributed by atoms with Crippen LogP contribution in [0.3, 0.4) is 0 Å². The molecule has 4 rings (SSSR count). The molecule has 2 aliphatic heterocycles. The smallest absolute Gasteiger partial charge is 0.421 e. The Labute approximate surface area is 205 Å². The molecule has 0 aliphatic carbocycles. The Balaban J connectivity index is 1.85. The quantitative estimate of drug-likeness (QED) is 0.633. The van der Waals surface area contributed by atoms with Crippen molar-refractivity contribution in [1.29, 1.82) is 0 Å². The highest BCUT2D eigenvalue weighted by atomic mass is 32.2. The second-order valence-electron chi connectivity index (χ2n) is 10.2. The van der Waals surface area contributed by atoms with Crippen LogP contribution in [0.25, 0.3) is 0 Å². The van der Waals surface area contributed by atoms with Gasteiger partial charge in [0.2, 0.25) is 15.9 Å². The molecule has 2 amide bonds. The molecule has 9 heteroatoms. The molecule has 35 heavy (non-hydrogen) atoms. The van der Waals surface area contributed by atoms with Crippen LogP contribution in [0.2, 0.25) is 0 Å². The summed E-state index contributed by atoms with van der Waals surface area (Å²) in [4.78, 5) is 40.6. The van der Waals surface area contributed by atoms with E-state index < -0.39 is 39.1 Å². The summed E-state index contributed by atoms with van der Waals surface area (Å²) in [6.45, 7) is 8.39. The zero-order valence-corrected chi connectivity index (χ0v) is 21.4. The number of hydrogen-bond donors (Lipinski definition) is 0. The summed E-state index contributed by atoms with van der Waals surface area (Å²) in [6, 6.07) is 12.3. The van der Waals surface area contributed by atoms with Gasteiger partial charge < -0.3 is 4.74 Å². The monoisotopic (exact) mass is 498 g/mol. The highest BCUT2D eigenvalue weighted by molar-refractivity contribution is 7.89. The van der Waals surface area contributed by atoms with Crippen molar-refractivity contribution < 1.29 is 27.5 Å². The van der Waals surface area contributed by atoms with Gasteiger partial charge in [-0.2, -0.15) is 4.31 Å². The van der Waals surface area contributed by atoms with Gasteiger partial charge >= 0.3 is 6.09 Å². The maximum atomic E-state index is 14.1. The van der Waals surface area contributed by atoms with Gasteiger partial charge in [-0.25, -0.2) is 18.1 Å². The number of hydrogen-bond acceptors (Lipinski definition) is 6. The fourth-order valence-electron chi connectivity index (χ4n) is 5.06. The molecule has 1 spiro atoms. The van der Waals surface area contributed by atoms with Gasteiger partial charge in [0, 0.05) is 13.0 Å². The Morgan fingerprint density at radius 3 is 2.31 bits per heavy atom. The number of fused-ring (bicyclic) bond motifs is 2. The van der Waals surface area contributed by atoms with E-state index in [0.29, 0.717) is 11.3 Å². The summed E-state index contributed by atoms with van der Waals surface area (Å²) >= 11 is 0. The van der Waals surface area contributed by atoms with Crippen LogP contribution in [0.4, 0.5) is 10.5 Å². The molecule has 0 radical (unpaired) electrons. The topological polar surface area (TPSA) is 101 Å². The Morgan fingerprint density at radius 1 is 1.09 bits per heavy atom. The molecule has 2 heterocycles. The van der Waals surface area contributed by atoms with Gasteiger partial charge in [-0.05, 0) is 64.8 Å². The molecule has 1 saturated heterocycles. The standard InChI is InChI=1S/C26H30N2O6S/c1-17-10-12-19(13-11-17)35(32,33)27-15-14-26(22(27)16-18(2)29)20-8-6-7-9-21(20)28(23(26)30)24(31)34-25(3,4)5/h6-13,22H,14-16H2,1-5H3/t22-,26-/m0/s1. The summed E-state index contributed by atoms with van der Waals surface area (Å²) < 4.78 is 34.2. The van der Waals surface area contributed by atoms with Gasteiger partial charge in [0.25, 0.3) is 0 Å². The van der Waals surface area contributed by atoms with Crippen molar-refractivity contribution in [2.24, 2.45) is 0 Å². The van der Waals surface area contributed by atoms with Crippen molar-refractivity contribution in [1.82, 2.24) is 4.31 Å². The van der Waals surface area contributed by atoms with Gasteiger partial charge in [0.1, 0.15) is 11.4 Å². The van der Waals surface area contributed by atoms with Crippen molar-refractivity contribution in [2.75, 3.05) is 11.4 Å². The number of sulfonamides is 1. The number of ketones is 1. The third-order valence-corrected chi connectivity index (χ3v) is 8.46. The highest BCUT2D eigenvalue weighted by Gasteiger charge is 2.63. The van der Waals surface area contributed by atoms with Gasteiger partial charge in [-0.3, -0.25) is 9.59 Å². The number of imide groups is 1. The third-order valence-electron chi connectivity index (χ3n) is 6.54. The molecule has 2 atom stereocenters. The molecule has 2 aliphatic rings. The number of ether oxygens (including phenoxy) is 1. The predicted molar refractivity (Wildman–Crippen MR) is 131 cm³/mol. The molecule has 0 bridgehead atoms. The Kier molecular flexibility index (Phi) is 6.13. The fourth-order valence-corrected chi connectivity index (χ4v) is 6.73. The van der Waals surface area contributed by atoms with E-state index in [1.807, 2.05) is 6.92 Å².